The van der Waals surface area contributed by atoms with Crippen molar-refractivity contribution in [3.63, 3.8) is 0 Å². The maximum absolute atomic E-state index is 8.91. The molecule has 0 saturated heterocycles. The monoisotopic (exact) mass is 175 g/mol. The van der Waals surface area contributed by atoms with Crippen LogP contribution in [0.15, 0.2) is 24.4 Å². The minimum Gasteiger partial charge on any atom is -0.308 e. The minimum atomic E-state index is -0.129. The zero-order valence-electron chi connectivity index (χ0n) is 7.94. The number of aromatic nitrogens is 1. The molecule has 68 valence electrons. The topological polar surface area (TPSA) is 39.9 Å². The first kappa shape index (κ1) is 9.69. The average molecular weight is 175 g/mol. The molecule has 3 heteroatoms. The molecule has 0 aliphatic rings. The van der Waals surface area contributed by atoms with Crippen LogP contribution in [0.3, 0.4) is 0 Å². The van der Waals surface area contributed by atoms with Crippen molar-refractivity contribution in [2.24, 2.45) is 0 Å². The van der Waals surface area contributed by atoms with Gasteiger partial charge in [0.1, 0.15) is 5.92 Å². The predicted molar refractivity (Wildman–Crippen MR) is 51.1 cm³/mol. The summed E-state index contributed by atoms with van der Waals surface area (Å²) in [5.74, 6) is -0.129. The number of likely N-dealkylation sites (N-methyl/N-ethyl adjacent to an activating group) is 1. The van der Waals surface area contributed by atoms with E-state index in [-0.39, 0.29) is 5.92 Å². The third-order valence-corrected chi connectivity index (χ3v) is 1.75. The summed E-state index contributed by atoms with van der Waals surface area (Å²) in [5.41, 5.74) is 0.846. The Morgan fingerprint density at radius 3 is 2.77 bits per heavy atom. The van der Waals surface area contributed by atoms with E-state index in [1.54, 1.807) is 6.20 Å². The zero-order valence-corrected chi connectivity index (χ0v) is 7.94. The van der Waals surface area contributed by atoms with Gasteiger partial charge in [-0.3, -0.25) is 4.98 Å². The van der Waals surface area contributed by atoms with Crippen LogP contribution in [0.4, 0.5) is 0 Å². The molecule has 1 rings (SSSR count). The summed E-state index contributed by atoms with van der Waals surface area (Å²) >= 11 is 0. The standard InChI is InChI=1S/C10H13N3/c1-13(2)8-9(7-11)10-5-3-4-6-12-10/h3-6,9H,8H2,1-2H3. The van der Waals surface area contributed by atoms with Crippen LogP contribution in [-0.2, 0) is 0 Å². The summed E-state index contributed by atoms with van der Waals surface area (Å²) in [7, 11) is 3.90. The second-order valence-corrected chi connectivity index (χ2v) is 3.20. The average Bonchev–Trinajstić information content (AvgIpc) is 2.15. The van der Waals surface area contributed by atoms with Crippen LogP contribution in [0.1, 0.15) is 11.6 Å². The number of hydrogen-bond acceptors (Lipinski definition) is 3. The SMILES string of the molecule is CN(C)CC(C#N)c1ccccn1. The molecule has 0 saturated carbocycles. The molecule has 0 radical (unpaired) electrons. The Kier molecular flexibility index (Phi) is 3.41. The van der Waals surface area contributed by atoms with Crippen LogP contribution < -0.4 is 0 Å². The second-order valence-electron chi connectivity index (χ2n) is 3.20. The van der Waals surface area contributed by atoms with Gasteiger partial charge in [0.2, 0.25) is 0 Å². The van der Waals surface area contributed by atoms with E-state index in [9.17, 15) is 0 Å². The highest BCUT2D eigenvalue weighted by atomic mass is 15.1. The van der Waals surface area contributed by atoms with Crippen LogP contribution >= 0.6 is 0 Å². The first-order valence-corrected chi connectivity index (χ1v) is 4.19. The summed E-state index contributed by atoms with van der Waals surface area (Å²) in [6.07, 6.45) is 1.72. The summed E-state index contributed by atoms with van der Waals surface area (Å²) < 4.78 is 0. The summed E-state index contributed by atoms with van der Waals surface area (Å²) in [6, 6.07) is 7.89. The Morgan fingerprint density at radius 2 is 2.31 bits per heavy atom. The van der Waals surface area contributed by atoms with Crippen LogP contribution in [0.5, 0.6) is 0 Å². The fraction of sp³-hybridized carbons (Fsp3) is 0.400. The normalized spacial score (nSPS) is 12.5. The number of rotatable bonds is 3. The molecule has 13 heavy (non-hydrogen) atoms. The van der Waals surface area contributed by atoms with E-state index in [2.05, 4.69) is 11.1 Å². The molecular formula is C10H13N3. The molecule has 1 aromatic rings. The van der Waals surface area contributed by atoms with E-state index in [1.165, 1.54) is 0 Å². The molecule has 0 fully saturated rings. The fourth-order valence-corrected chi connectivity index (χ4v) is 1.15. The van der Waals surface area contributed by atoms with Gasteiger partial charge >= 0.3 is 0 Å². The lowest BCUT2D eigenvalue weighted by atomic mass is 10.1. The lowest BCUT2D eigenvalue weighted by molar-refractivity contribution is 0.396. The van der Waals surface area contributed by atoms with E-state index in [4.69, 9.17) is 5.26 Å². The Morgan fingerprint density at radius 1 is 1.54 bits per heavy atom. The first-order valence-electron chi connectivity index (χ1n) is 4.19. The highest BCUT2D eigenvalue weighted by Gasteiger charge is 2.11. The van der Waals surface area contributed by atoms with E-state index in [0.717, 1.165) is 5.69 Å². The number of pyridine rings is 1. The van der Waals surface area contributed by atoms with Crippen molar-refractivity contribution in [3.8, 4) is 6.07 Å². The molecule has 1 aromatic heterocycles. The smallest absolute Gasteiger partial charge is 0.101 e. The van der Waals surface area contributed by atoms with Crippen LogP contribution in [0, 0.1) is 11.3 Å². The molecule has 3 nitrogen and oxygen atoms in total. The van der Waals surface area contributed by atoms with Gasteiger partial charge in [0, 0.05) is 12.7 Å². The lowest BCUT2D eigenvalue weighted by Crippen LogP contribution is -2.19. The van der Waals surface area contributed by atoms with Gasteiger partial charge in [-0.25, -0.2) is 0 Å². The molecule has 1 atom stereocenters. The quantitative estimate of drug-likeness (QED) is 0.694. The largest absolute Gasteiger partial charge is 0.308 e. The van der Waals surface area contributed by atoms with Crippen LogP contribution in [-0.4, -0.2) is 30.5 Å². The molecule has 1 unspecified atom stereocenters. The molecule has 0 N–H and O–H groups in total. The predicted octanol–water partition coefficient (Wildman–Crippen LogP) is 1.25. The zero-order chi connectivity index (χ0) is 9.68. The second kappa shape index (κ2) is 4.58. The van der Waals surface area contributed by atoms with Gasteiger partial charge in [-0.1, -0.05) is 6.07 Å². The van der Waals surface area contributed by atoms with Crippen molar-refractivity contribution in [2.75, 3.05) is 20.6 Å². The maximum Gasteiger partial charge on any atom is 0.101 e. The summed E-state index contributed by atoms with van der Waals surface area (Å²) in [4.78, 5) is 6.14. The Balaban J connectivity index is 2.75. The molecule has 0 aliphatic heterocycles. The maximum atomic E-state index is 8.91. The molecule has 0 amide bonds. The third kappa shape index (κ3) is 2.85. The number of nitrogens with zero attached hydrogens (tertiary/aromatic N) is 3. The van der Waals surface area contributed by atoms with Gasteiger partial charge in [0.05, 0.1) is 11.8 Å². The molecule has 0 bridgehead atoms. The van der Waals surface area contributed by atoms with Crippen molar-refractivity contribution in [2.45, 2.75) is 5.92 Å². The molecule has 0 aromatic carbocycles. The highest BCUT2D eigenvalue weighted by Crippen LogP contribution is 2.11. The minimum absolute atomic E-state index is 0.129. The van der Waals surface area contributed by atoms with Crippen LogP contribution in [0.2, 0.25) is 0 Å². The summed E-state index contributed by atoms with van der Waals surface area (Å²) in [5, 5.41) is 8.91. The van der Waals surface area contributed by atoms with E-state index < -0.39 is 0 Å². The molecular weight excluding hydrogens is 162 g/mol. The van der Waals surface area contributed by atoms with Gasteiger partial charge < -0.3 is 4.90 Å². The van der Waals surface area contributed by atoms with Crippen LogP contribution in [0.25, 0.3) is 0 Å². The van der Waals surface area contributed by atoms with Gasteiger partial charge in [0.25, 0.3) is 0 Å². The van der Waals surface area contributed by atoms with Gasteiger partial charge in [-0.15, -0.1) is 0 Å². The molecule has 1 heterocycles. The van der Waals surface area contributed by atoms with Gasteiger partial charge in [-0.05, 0) is 26.2 Å². The number of hydrogen-bond donors (Lipinski definition) is 0. The van der Waals surface area contributed by atoms with E-state index in [1.807, 2.05) is 37.2 Å². The highest BCUT2D eigenvalue weighted by molar-refractivity contribution is 5.16. The lowest BCUT2D eigenvalue weighted by Gasteiger charge is -2.13. The van der Waals surface area contributed by atoms with Crippen molar-refractivity contribution in [1.29, 1.82) is 5.26 Å². The number of nitriles is 1. The molecule has 0 aliphatic carbocycles. The van der Waals surface area contributed by atoms with E-state index >= 15 is 0 Å². The van der Waals surface area contributed by atoms with Crippen molar-refractivity contribution in [1.82, 2.24) is 9.88 Å². The first-order chi connectivity index (χ1) is 6.24. The van der Waals surface area contributed by atoms with Crippen molar-refractivity contribution < 1.29 is 0 Å². The van der Waals surface area contributed by atoms with Gasteiger partial charge in [0.15, 0.2) is 0 Å². The fourth-order valence-electron chi connectivity index (χ4n) is 1.15. The Labute approximate surface area is 78.6 Å². The Bertz CT molecular complexity index is 287. The summed E-state index contributed by atoms with van der Waals surface area (Å²) in [6.45, 7) is 0.716. The van der Waals surface area contributed by atoms with Crippen molar-refractivity contribution >= 4 is 0 Å². The van der Waals surface area contributed by atoms with Gasteiger partial charge in [-0.2, -0.15) is 5.26 Å². The van der Waals surface area contributed by atoms with E-state index in [0.29, 0.717) is 6.54 Å². The van der Waals surface area contributed by atoms with Crippen molar-refractivity contribution in [3.05, 3.63) is 30.1 Å². The third-order valence-electron chi connectivity index (χ3n) is 1.75. The Hall–Kier alpha value is -1.40. The molecule has 0 spiro atoms.